The molecule has 0 bridgehead atoms. The first-order chi connectivity index (χ1) is 10.0. The molecule has 0 aromatic rings. The number of allylic oxidation sites excluding steroid dienone is 3. The molecule has 0 spiro atoms. The van der Waals surface area contributed by atoms with Crippen LogP contribution in [0.25, 0.3) is 0 Å². The summed E-state index contributed by atoms with van der Waals surface area (Å²) in [6.45, 7) is 10.9. The predicted molar refractivity (Wildman–Crippen MR) is 85.9 cm³/mol. The average molecular weight is 297 g/mol. The van der Waals surface area contributed by atoms with Crippen molar-refractivity contribution in [3.63, 3.8) is 0 Å². The molecule has 0 saturated heterocycles. The van der Waals surface area contributed by atoms with Gasteiger partial charge in [0.05, 0.1) is 4.92 Å². The van der Waals surface area contributed by atoms with E-state index in [0.717, 1.165) is 25.5 Å². The molecule has 21 heavy (non-hydrogen) atoms. The fourth-order valence-corrected chi connectivity index (χ4v) is 1.80. The summed E-state index contributed by atoms with van der Waals surface area (Å²) in [5, 5.41) is 10.5. The largest absolute Gasteiger partial charge is 0.303 e. The Labute approximate surface area is 126 Å². The van der Waals surface area contributed by atoms with Crippen LogP contribution >= 0.6 is 0 Å². The highest BCUT2D eigenvalue weighted by molar-refractivity contribution is 5.62. The highest BCUT2D eigenvalue weighted by Crippen LogP contribution is 2.36. The lowest BCUT2D eigenvalue weighted by Gasteiger charge is -2.31. The minimum atomic E-state index is -0.563. The van der Waals surface area contributed by atoms with Crippen LogP contribution in [-0.2, 0) is 4.79 Å². The fourth-order valence-electron chi connectivity index (χ4n) is 1.80. The summed E-state index contributed by atoms with van der Waals surface area (Å²) in [6, 6.07) is 0. The summed E-state index contributed by atoms with van der Waals surface area (Å²) in [5.41, 5.74) is 2.64. The first-order valence-electron chi connectivity index (χ1n) is 7.01. The molecular formula is C15H27N3O3. The molecule has 1 fully saturated rings. The Hall–Kier alpha value is -1.79. The molecule has 1 unspecified atom stereocenters. The zero-order valence-electron chi connectivity index (χ0n) is 13.2. The first kappa shape index (κ1) is 21.5. The fraction of sp³-hybridized carbons (Fsp3) is 0.533. The molecular weight excluding hydrogens is 270 g/mol. The lowest BCUT2D eigenvalue weighted by molar-refractivity contribution is -0.418. The number of nitrogens with two attached hydrogens (primary N) is 1. The highest BCUT2D eigenvalue weighted by atomic mass is 16.6. The number of nitrogens with one attached hydrogen (secondary N) is 1. The number of hydrogen-bond donors (Lipinski definition) is 2. The van der Waals surface area contributed by atoms with Gasteiger partial charge in [-0.05, 0) is 38.0 Å². The molecule has 6 nitrogen and oxygen atoms in total. The molecule has 0 aromatic carbocycles. The summed E-state index contributed by atoms with van der Waals surface area (Å²) in [6.07, 6.45) is 6.82. The van der Waals surface area contributed by atoms with Crippen LogP contribution in [0, 0.1) is 22.0 Å². The van der Waals surface area contributed by atoms with Crippen LogP contribution < -0.4 is 11.3 Å². The van der Waals surface area contributed by atoms with Crippen molar-refractivity contribution >= 4 is 6.29 Å². The topological polar surface area (TPSA) is 98.3 Å². The highest BCUT2D eigenvalue weighted by Gasteiger charge is 2.29. The Bertz CT molecular complexity index is 374. The van der Waals surface area contributed by atoms with E-state index < -0.39 is 4.92 Å². The van der Waals surface area contributed by atoms with E-state index in [9.17, 15) is 14.9 Å². The van der Waals surface area contributed by atoms with E-state index in [2.05, 4.69) is 24.4 Å². The molecule has 1 rings (SSSR count). The molecule has 1 atom stereocenters. The van der Waals surface area contributed by atoms with Gasteiger partial charge in [-0.3, -0.25) is 21.4 Å². The number of aldehydes is 1. The van der Waals surface area contributed by atoms with Crippen LogP contribution in [0.5, 0.6) is 0 Å². The zero-order chi connectivity index (χ0) is 16.8. The molecule has 0 aromatic heterocycles. The normalized spacial score (nSPS) is 15.1. The summed E-state index contributed by atoms with van der Waals surface area (Å²) >= 11 is 0. The molecule has 0 amide bonds. The van der Waals surface area contributed by atoms with E-state index in [-0.39, 0.29) is 11.6 Å². The van der Waals surface area contributed by atoms with Crippen LogP contribution in [-0.4, -0.2) is 18.3 Å². The Morgan fingerprint density at radius 2 is 1.95 bits per heavy atom. The molecule has 0 heterocycles. The maximum absolute atomic E-state index is 11.0. The molecule has 3 N–H and O–H groups in total. The number of hydrazine groups is 1. The van der Waals surface area contributed by atoms with Gasteiger partial charge in [-0.1, -0.05) is 32.9 Å². The maximum atomic E-state index is 11.0. The average Bonchev–Trinajstić information content (AvgIpc) is 2.43. The molecule has 1 aliphatic rings. The number of nitrogens with zero attached hydrogens (tertiary/aromatic N) is 1. The molecule has 0 radical (unpaired) electrons. The van der Waals surface area contributed by atoms with Crippen molar-refractivity contribution in [2.45, 2.75) is 33.1 Å². The molecule has 120 valence electrons. The second-order valence-electron chi connectivity index (χ2n) is 4.24. The van der Waals surface area contributed by atoms with Crippen LogP contribution in [0.4, 0.5) is 0 Å². The van der Waals surface area contributed by atoms with E-state index in [1.54, 1.807) is 7.05 Å². The standard InChI is InChI=1S/C12H15NO3.C2H6.CH6N2/c1-3-10(7-9(2)13(15)16)12(8-14)11-5-4-6-11;1-2;1-3-2/h3,7-8,11-12H,1-2,4-6H2;1-2H3;3H,2H2,1H3/b10-7+;;. The van der Waals surface area contributed by atoms with Crippen molar-refractivity contribution < 1.29 is 9.72 Å². The summed E-state index contributed by atoms with van der Waals surface area (Å²) in [4.78, 5) is 20.9. The Morgan fingerprint density at radius 1 is 1.48 bits per heavy atom. The van der Waals surface area contributed by atoms with Gasteiger partial charge in [0, 0.05) is 12.0 Å². The maximum Gasteiger partial charge on any atom is 0.262 e. The van der Waals surface area contributed by atoms with Gasteiger partial charge < -0.3 is 4.79 Å². The van der Waals surface area contributed by atoms with E-state index in [4.69, 9.17) is 0 Å². The second kappa shape index (κ2) is 13.2. The van der Waals surface area contributed by atoms with Crippen molar-refractivity contribution in [3.8, 4) is 0 Å². The van der Waals surface area contributed by atoms with Crippen LogP contribution in [0.2, 0.25) is 0 Å². The lowest BCUT2D eigenvalue weighted by Crippen LogP contribution is -2.24. The van der Waals surface area contributed by atoms with Crippen molar-refractivity contribution in [3.05, 3.63) is 46.7 Å². The predicted octanol–water partition coefficient (Wildman–Crippen LogP) is 2.61. The second-order valence-corrected chi connectivity index (χ2v) is 4.24. The third-order valence-electron chi connectivity index (χ3n) is 2.99. The van der Waals surface area contributed by atoms with Crippen molar-refractivity contribution in [1.82, 2.24) is 5.43 Å². The monoisotopic (exact) mass is 297 g/mol. The Balaban J connectivity index is 0. The molecule has 1 aliphatic carbocycles. The van der Waals surface area contributed by atoms with Gasteiger partial charge in [-0.15, -0.1) is 0 Å². The number of carbonyl (C=O) groups excluding carboxylic acids is 1. The minimum absolute atomic E-state index is 0.207. The van der Waals surface area contributed by atoms with E-state index in [1.807, 2.05) is 13.8 Å². The lowest BCUT2D eigenvalue weighted by atomic mass is 9.73. The van der Waals surface area contributed by atoms with Gasteiger partial charge in [0.15, 0.2) is 0 Å². The smallest absolute Gasteiger partial charge is 0.262 e. The molecule has 1 saturated carbocycles. The summed E-state index contributed by atoms with van der Waals surface area (Å²) < 4.78 is 0. The van der Waals surface area contributed by atoms with E-state index >= 15 is 0 Å². The van der Waals surface area contributed by atoms with Crippen LogP contribution in [0.1, 0.15) is 33.1 Å². The number of hydrogen-bond acceptors (Lipinski definition) is 5. The Morgan fingerprint density at radius 3 is 2.19 bits per heavy atom. The van der Waals surface area contributed by atoms with Gasteiger partial charge >= 0.3 is 0 Å². The molecule has 6 heteroatoms. The number of carbonyl (C=O) groups is 1. The van der Waals surface area contributed by atoms with Gasteiger partial charge in [0.2, 0.25) is 0 Å². The van der Waals surface area contributed by atoms with Gasteiger partial charge in [-0.25, -0.2) is 0 Å². The zero-order valence-corrected chi connectivity index (χ0v) is 13.2. The van der Waals surface area contributed by atoms with Crippen LogP contribution in [0.3, 0.4) is 0 Å². The van der Waals surface area contributed by atoms with Crippen molar-refractivity contribution in [2.24, 2.45) is 17.7 Å². The van der Waals surface area contributed by atoms with Crippen LogP contribution in [0.15, 0.2) is 36.6 Å². The third kappa shape index (κ3) is 8.16. The van der Waals surface area contributed by atoms with Crippen molar-refractivity contribution in [1.29, 1.82) is 0 Å². The van der Waals surface area contributed by atoms with Gasteiger partial charge in [0.25, 0.3) is 5.70 Å². The SMILES string of the molecule is C=C/C(=C\C(=C)[N+](=O)[O-])C(C=O)C1CCC1.CC.CNN. The molecule has 0 aliphatic heterocycles. The van der Waals surface area contributed by atoms with E-state index in [0.29, 0.717) is 11.5 Å². The van der Waals surface area contributed by atoms with Gasteiger partial charge in [0.1, 0.15) is 6.29 Å². The minimum Gasteiger partial charge on any atom is -0.303 e. The summed E-state index contributed by atoms with van der Waals surface area (Å²) in [5.74, 6) is 4.63. The number of nitro groups is 1. The third-order valence-corrected chi connectivity index (χ3v) is 2.99. The number of rotatable bonds is 6. The van der Waals surface area contributed by atoms with Gasteiger partial charge in [-0.2, -0.15) is 0 Å². The summed E-state index contributed by atoms with van der Waals surface area (Å²) in [7, 11) is 1.65. The first-order valence-corrected chi connectivity index (χ1v) is 7.01. The van der Waals surface area contributed by atoms with E-state index in [1.165, 1.54) is 12.2 Å². The quantitative estimate of drug-likeness (QED) is 0.258. The Kier molecular flexibility index (Phi) is 13.5. The van der Waals surface area contributed by atoms with Crippen molar-refractivity contribution in [2.75, 3.05) is 7.05 Å².